The highest BCUT2D eigenvalue weighted by molar-refractivity contribution is 14.1. The fourth-order valence-corrected chi connectivity index (χ4v) is 3.06. The maximum absolute atomic E-state index is 13.7. The van der Waals surface area contributed by atoms with E-state index in [1.165, 1.54) is 6.26 Å². The molecule has 2 aromatic rings. The molecule has 0 fully saturated rings. The molecule has 1 heterocycles. The summed E-state index contributed by atoms with van der Waals surface area (Å²) < 4.78 is 20.0. The van der Waals surface area contributed by atoms with Crippen LogP contribution in [0, 0.1) is 20.7 Å². The van der Waals surface area contributed by atoms with Crippen LogP contribution in [-0.2, 0) is 0 Å². The Labute approximate surface area is 113 Å². The highest BCUT2D eigenvalue weighted by atomic mass is 127. The first kappa shape index (κ1) is 11.6. The van der Waals surface area contributed by atoms with Gasteiger partial charge in [0, 0.05) is 3.57 Å². The number of hydrogen-bond donors (Lipinski definition) is 0. The Morgan fingerprint density at radius 3 is 2.81 bits per heavy atom. The van der Waals surface area contributed by atoms with E-state index < -0.39 is 5.82 Å². The van der Waals surface area contributed by atoms with Crippen LogP contribution in [0.3, 0.4) is 0 Å². The van der Waals surface area contributed by atoms with Crippen molar-refractivity contribution in [1.29, 1.82) is 5.26 Å². The highest BCUT2D eigenvalue weighted by Gasteiger charge is 2.18. The smallest absolute Gasteiger partial charge is 0.155 e. The van der Waals surface area contributed by atoms with E-state index in [1.807, 2.05) is 28.7 Å². The zero-order chi connectivity index (χ0) is 11.7. The average molecular weight is 392 g/mol. The topological polar surface area (TPSA) is 36.9 Å². The van der Waals surface area contributed by atoms with Gasteiger partial charge < -0.3 is 4.42 Å². The Morgan fingerprint density at radius 2 is 2.25 bits per heavy atom. The molecule has 0 bridgehead atoms. The van der Waals surface area contributed by atoms with Gasteiger partial charge in [-0.05, 0) is 56.7 Å². The molecule has 5 heteroatoms. The molecule has 80 valence electrons. The van der Waals surface area contributed by atoms with E-state index in [2.05, 4.69) is 15.9 Å². The van der Waals surface area contributed by atoms with E-state index in [0.29, 0.717) is 11.3 Å². The molecule has 2 nitrogen and oxygen atoms in total. The molecule has 0 spiro atoms. The molecular weight excluding hydrogens is 388 g/mol. The number of nitrogens with zero attached hydrogens (tertiary/aromatic N) is 1. The van der Waals surface area contributed by atoms with Crippen molar-refractivity contribution in [2.45, 2.75) is 0 Å². The Bertz CT molecular complexity index is 575. The van der Waals surface area contributed by atoms with Crippen molar-refractivity contribution in [2.24, 2.45) is 0 Å². The summed E-state index contributed by atoms with van der Waals surface area (Å²) in [6.45, 7) is 0. The van der Waals surface area contributed by atoms with E-state index in [1.54, 1.807) is 18.2 Å². The lowest BCUT2D eigenvalue weighted by Gasteiger charge is -2.06. The maximum atomic E-state index is 13.7. The third kappa shape index (κ3) is 1.87. The Morgan fingerprint density at radius 1 is 1.50 bits per heavy atom. The Kier molecular flexibility index (Phi) is 3.30. The second-order valence-corrected chi connectivity index (χ2v) is 5.01. The van der Waals surface area contributed by atoms with Gasteiger partial charge >= 0.3 is 0 Å². The van der Waals surface area contributed by atoms with Gasteiger partial charge in [0.1, 0.15) is 17.4 Å². The number of benzene rings is 1. The fourth-order valence-electron chi connectivity index (χ4n) is 1.36. The largest absolute Gasteiger partial charge is 0.464 e. The Hall–Kier alpha value is -0.870. The molecule has 0 saturated carbocycles. The summed E-state index contributed by atoms with van der Waals surface area (Å²) in [5.41, 5.74) is 0.488. The first-order chi connectivity index (χ1) is 7.65. The fraction of sp³-hybridized carbons (Fsp3) is 0. The summed E-state index contributed by atoms with van der Waals surface area (Å²) in [6.07, 6.45) is 1.49. The summed E-state index contributed by atoms with van der Waals surface area (Å²) in [5, 5.41) is 8.99. The van der Waals surface area contributed by atoms with Crippen LogP contribution in [0.15, 0.2) is 33.4 Å². The second kappa shape index (κ2) is 4.55. The van der Waals surface area contributed by atoms with Crippen molar-refractivity contribution in [3.8, 4) is 17.4 Å². The summed E-state index contributed by atoms with van der Waals surface area (Å²) in [6, 6.07) is 6.88. The van der Waals surface area contributed by atoms with Crippen LogP contribution in [0.1, 0.15) is 5.56 Å². The Balaban J connectivity index is 2.80. The van der Waals surface area contributed by atoms with E-state index >= 15 is 0 Å². The molecule has 0 aliphatic carbocycles. The standard InChI is InChI=1S/C11H4BrFINO/c12-7-4-8(14)10(6(5-15)11(7)13)9-2-1-3-16-9/h1-4H. The lowest BCUT2D eigenvalue weighted by molar-refractivity contribution is 0.578. The maximum Gasteiger partial charge on any atom is 0.155 e. The van der Waals surface area contributed by atoms with Crippen LogP contribution >= 0.6 is 38.5 Å². The van der Waals surface area contributed by atoms with Gasteiger partial charge in [0.05, 0.1) is 16.3 Å². The van der Waals surface area contributed by atoms with E-state index in [0.717, 1.165) is 3.57 Å². The molecule has 0 aliphatic rings. The molecule has 0 amide bonds. The van der Waals surface area contributed by atoms with Gasteiger partial charge in [0.25, 0.3) is 0 Å². The van der Waals surface area contributed by atoms with Crippen molar-refractivity contribution >= 4 is 38.5 Å². The number of furan rings is 1. The van der Waals surface area contributed by atoms with Crippen molar-refractivity contribution in [2.75, 3.05) is 0 Å². The predicted octanol–water partition coefficient (Wildman–Crippen LogP) is 4.32. The normalized spacial score (nSPS) is 10.1. The molecule has 1 aromatic heterocycles. The zero-order valence-electron chi connectivity index (χ0n) is 7.80. The van der Waals surface area contributed by atoms with Crippen molar-refractivity contribution in [1.82, 2.24) is 0 Å². The monoisotopic (exact) mass is 391 g/mol. The van der Waals surface area contributed by atoms with Gasteiger partial charge in [-0.1, -0.05) is 0 Å². The van der Waals surface area contributed by atoms with E-state index in [9.17, 15) is 4.39 Å². The van der Waals surface area contributed by atoms with Crippen molar-refractivity contribution in [3.05, 3.63) is 43.9 Å². The number of nitriles is 1. The molecule has 2 rings (SSSR count). The van der Waals surface area contributed by atoms with Crippen LogP contribution in [-0.4, -0.2) is 0 Å². The molecule has 0 aliphatic heterocycles. The number of rotatable bonds is 1. The van der Waals surface area contributed by atoms with Gasteiger partial charge in [-0.3, -0.25) is 0 Å². The van der Waals surface area contributed by atoms with Crippen LogP contribution in [0.5, 0.6) is 0 Å². The molecule has 0 atom stereocenters. The van der Waals surface area contributed by atoms with Gasteiger partial charge in [-0.15, -0.1) is 0 Å². The summed E-state index contributed by atoms with van der Waals surface area (Å²) in [5.74, 6) is -0.0679. The van der Waals surface area contributed by atoms with Gasteiger partial charge in [0.2, 0.25) is 0 Å². The summed E-state index contributed by atoms with van der Waals surface area (Å²) >= 11 is 5.12. The van der Waals surface area contributed by atoms with Crippen LogP contribution in [0.2, 0.25) is 0 Å². The minimum Gasteiger partial charge on any atom is -0.464 e. The summed E-state index contributed by atoms with van der Waals surface area (Å²) in [7, 11) is 0. The predicted molar refractivity (Wildman–Crippen MR) is 69.2 cm³/mol. The SMILES string of the molecule is N#Cc1c(F)c(Br)cc(I)c1-c1ccco1. The zero-order valence-corrected chi connectivity index (χ0v) is 11.5. The lowest BCUT2D eigenvalue weighted by Crippen LogP contribution is -1.94. The van der Waals surface area contributed by atoms with E-state index in [4.69, 9.17) is 9.68 Å². The minimum atomic E-state index is -0.561. The highest BCUT2D eigenvalue weighted by Crippen LogP contribution is 2.34. The number of hydrogen-bond acceptors (Lipinski definition) is 2. The molecule has 0 saturated heterocycles. The van der Waals surface area contributed by atoms with Gasteiger partial charge in [-0.2, -0.15) is 5.26 Å². The van der Waals surface area contributed by atoms with Crippen molar-refractivity contribution < 1.29 is 8.81 Å². The van der Waals surface area contributed by atoms with E-state index in [-0.39, 0.29) is 10.0 Å². The van der Waals surface area contributed by atoms with Gasteiger partial charge in [0.15, 0.2) is 5.82 Å². The first-order valence-corrected chi connectivity index (χ1v) is 6.13. The molecule has 0 radical (unpaired) electrons. The average Bonchev–Trinajstić information content (AvgIpc) is 2.76. The summed E-state index contributed by atoms with van der Waals surface area (Å²) in [4.78, 5) is 0. The third-order valence-corrected chi connectivity index (χ3v) is 3.48. The first-order valence-electron chi connectivity index (χ1n) is 4.26. The van der Waals surface area contributed by atoms with Crippen LogP contribution in [0.4, 0.5) is 4.39 Å². The molecule has 0 unspecified atom stereocenters. The van der Waals surface area contributed by atoms with Crippen molar-refractivity contribution in [3.63, 3.8) is 0 Å². The minimum absolute atomic E-state index is 0.00581. The lowest BCUT2D eigenvalue weighted by atomic mass is 10.1. The molecule has 16 heavy (non-hydrogen) atoms. The molecular formula is C11H4BrFINO. The third-order valence-electron chi connectivity index (χ3n) is 2.05. The quantitative estimate of drug-likeness (QED) is 0.536. The molecule has 0 N–H and O–H groups in total. The molecule has 1 aromatic carbocycles. The number of halogens is 3. The van der Waals surface area contributed by atoms with Crippen LogP contribution in [0.25, 0.3) is 11.3 Å². The van der Waals surface area contributed by atoms with Crippen LogP contribution < -0.4 is 0 Å². The van der Waals surface area contributed by atoms with Gasteiger partial charge in [-0.25, -0.2) is 4.39 Å². The second-order valence-electron chi connectivity index (χ2n) is 2.99.